The average molecular weight is 384 g/mol. The number of amides is 1. The van der Waals surface area contributed by atoms with Gasteiger partial charge in [-0.15, -0.1) is 0 Å². The number of carbonyl (C=O) groups excluding carboxylic acids is 1. The maximum Gasteiger partial charge on any atom is 0.303 e. The van der Waals surface area contributed by atoms with Crippen LogP contribution in [0.25, 0.3) is 0 Å². The molecule has 1 heterocycles. The summed E-state index contributed by atoms with van der Waals surface area (Å²) < 4.78 is 31.6. The van der Waals surface area contributed by atoms with Crippen molar-refractivity contribution in [3.8, 4) is 0 Å². The molecule has 1 amide bonds. The monoisotopic (exact) mass is 384 g/mol. The zero-order chi connectivity index (χ0) is 19.4. The normalized spacial score (nSPS) is 16.2. The van der Waals surface area contributed by atoms with E-state index in [1.807, 2.05) is 0 Å². The lowest BCUT2D eigenvalue weighted by Crippen LogP contribution is -2.43. The third-order valence-corrected chi connectivity index (χ3v) is 6.05. The number of aliphatic carboxylic acids is 1. The first kappa shape index (κ1) is 20.3. The summed E-state index contributed by atoms with van der Waals surface area (Å²) in [5, 5.41) is 11.5. The van der Waals surface area contributed by atoms with Gasteiger partial charge in [0.2, 0.25) is 10.0 Å². The fraction of sp³-hybridized carbons (Fsp3) is 0.529. The summed E-state index contributed by atoms with van der Waals surface area (Å²) in [6.45, 7) is 4.83. The van der Waals surface area contributed by atoms with Crippen LogP contribution in [0.4, 0.5) is 0 Å². The van der Waals surface area contributed by atoms with Crippen molar-refractivity contribution in [2.75, 3.05) is 26.3 Å². The van der Waals surface area contributed by atoms with Crippen molar-refractivity contribution < 1.29 is 27.9 Å². The number of morpholine rings is 1. The fourth-order valence-corrected chi connectivity index (χ4v) is 3.98. The molecule has 26 heavy (non-hydrogen) atoms. The zero-order valence-corrected chi connectivity index (χ0v) is 15.7. The minimum atomic E-state index is -3.60. The van der Waals surface area contributed by atoms with Gasteiger partial charge in [0.15, 0.2) is 0 Å². The van der Waals surface area contributed by atoms with E-state index in [1.54, 1.807) is 13.8 Å². The second-order valence-electron chi connectivity index (χ2n) is 6.77. The fourth-order valence-electron chi connectivity index (χ4n) is 2.58. The van der Waals surface area contributed by atoms with Crippen LogP contribution >= 0.6 is 0 Å². The van der Waals surface area contributed by atoms with E-state index >= 15 is 0 Å². The molecule has 0 aliphatic carbocycles. The van der Waals surface area contributed by atoms with E-state index in [1.165, 1.54) is 28.6 Å². The van der Waals surface area contributed by atoms with Crippen LogP contribution in [0.2, 0.25) is 0 Å². The maximum absolute atomic E-state index is 12.6. The van der Waals surface area contributed by atoms with Crippen molar-refractivity contribution in [3.05, 3.63) is 29.8 Å². The van der Waals surface area contributed by atoms with Gasteiger partial charge in [-0.25, -0.2) is 8.42 Å². The Bertz CT molecular complexity index is 752. The number of hydrogen-bond donors (Lipinski definition) is 2. The number of sulfonamides is 1. The smallest absolute Gasteiger partial charge is 0.303 e. The largest absolute Gasteiger partial charge is 0.481 e. The van der Waals surface area contributed by atoms with E-state index in [9.17, 15) is 18.0 Å². The van der Waals surface area contributed by atoms with Crippen LogP contribution in [0.15, 0.2) is 29.2 Å². The zero-order valence-electron chi connectivity index (χ0n) is 14.9. The summed E-state index contributed by atoms with van der Waals surface area (Å²) in [5.41, 5.74) is -0.372. The SMILES string of the molecule is CC(C)(CCC(=O)O)NC(=O)c1ccc(S(=O)(=O)N2CCOCC2)cc1. The molecule has 9 heteroatoms. The van der Waals surface area contributed by atoms with Gasteiger partial charge in [-0.2, -0.15) is 4.31 Å². The van der Waals surface area contributed by atoms with E-state index in [4.69, 9.17) is 9.84 Å². The Morgan fingerprint density at radius 1 is 1.19 bits per heavy atom. The first-order chi connectivity index (χ1) is 12.1. The first-order valence-electron chi connectivity index (χ1n) is 8.34. The maximum atomic E-state index is 12.6. The van der Waals surface area contributed by atoms with Crippen molar-refractivity contribution in [1.29, 1.82) is 0 Å². The second kappa shape index (κ2) is 8.15. The van der Waals surface area contributed by atoms with Gasteiger partial charge >= 0.3 is 5.97 Å². The van der Waals surface area contributed by atoms with E-state index in [2.05, 4.69) is 5.32 Å². The van der Waals surface area contributed by atoms with Crippen LogP contribution in [0, 0.1) is 0 Å². The lowest BCUT2D eigenvalue weighted by atomic mass is 9.98. The molecule has 0 unspecified atom stereocenters. The molecule has 0 bridgehead atoms. The van der Waals surface area contributed by atoms with Crippen molar-refractivity contribution in [2.45, 2.75) is 37.1 Å². The summed E-state index contributed by atoms with van der Waals surface area (Å²) in [7, 11) is -3.60. The van der Waals surface area contributed by atoms with E-state index < -0.39 is 21.5 Å². The van der Waals surface area contributed by atoms with E-state index in [-0.39, 0.29) is 23.6 Å². The number of ether oxygens (including phenoxy) is 1. The first-order valence-corrected chi connectivity index (χ1v) is 9.78. The molecule has 1 aliphatic heterocycles. The number of carboxylic acids is 1. The highest BCUT2D eigenvalue weighted by molar-refractivity contribution is 7.89. The van der Waals surface area contributed by atoms with E-state index in [0.717, 1.165) is 0 Å². The molecule has 1 aliphatic rings. The highest BCUT2D eigenvalue weighted by Crippen LogP contribution is 2.18. The van der Waals surface area contributed by atoms with Crippen molar-refractivity contribution in [1.82, 2.24) is 9.62 Å². The summed E-state index contributed by atoms with van der Waals surface area (Å²) in [6, 6.07) is 5.72. The van der Waals surface area contributed by atoms with Gasteiger partial charge in [0.05, 0.1) is 18.1 Å². The Morgan fingerprint density at radius 3 is 2.31 bits per heavy atom. The molecule has 0 spiro atoms. The number of nitrogens with zero attached hydrogens (tertiary/aromatic N) is 1. The van der Waals surface area contributed by atoms with Gasteiger partial charge < -0.3 is 15.2 Å². The molecule has 2 N–H and O–H groups in total. The van der Waals surface area contributed by atoms with Crippen molar-refractivity contribution in [3.63, 3.8) is 0 Å². The minimum Gasteiger partial charge on any atom is -0.481 e. The number of nitrogens with one attached hydrogen (secondary N) is 1. The molecule has 0 saturated carbocycles. The molecule has 1 aromatic carbocycles. The number of carboxylic acid groups (broad SMARTS) is 1. The van der Waals surface area contributed by atoms with Gasteiger partial charge in [0, 0.05) is 30.6 Å². The average Bonchev–Trinajstić information content (AvgIpc) is 2.60. The molecule has 2 rings (SSSR count). The van der Waals surface area contributed by atoms with Crippen LogP contribution < -0.4 is 5.32 Å². The Labute approximate surface area is 153 Å². The molecule has 144 valence electrons. The number of carbonyl (C=O) groups is 2. The van der Waals surface area contributed by atoms with Crippen LogP contribution in [-0.2, 0) is 19.6 Å². The molecule has 1 saturated heterocycles. The Morgan fingerprint density at radius 2 is 1.77 bits per heavy atom. The van der Waals surface area contributed by atoms with Gasteiger partial charge in [-0.1, -0.05) is 0 Å². The Balaban J connectivity index is 2.06. The quantitative estimate of drug-likeness (QED) is 0.727. The molecule has 8 nitrogen and oxygen atoms in total. The lowest BCUT2D eigenvalue weighted by Gasteiger charge is -2.26. The Kier molecular flexibility index (Phi) is 6.38. The second-order valence-corrected chi connectivity index (χ2v) is 8.71. The van der Waals surface area contributed by atoms with Crippen molar-refractivity contribution >= 4 is 21.9 Å². The summed E-state index contributed by atoms with van der Waals surface area (Å²) in [4.78, 5) is 23.1. The highest BCUT2D eigenvalue weighted by Gasteiger charge is 2.27. The highest BCUT2D eigenvalue weighted by atomic mass is 32.2. The predicted octanol–water partition coefficient (Wildman–Crippen LogP) is 1.08. The molecule has 0 atom stereocenters. The van der Waals surface area contributed by atoms with E-state index in [0.29, 0.717) is 31.9 Å². The number of rotatable bonds is 7. The summed E-state index contributed by atoms with van der Waals surface area (Å²) in [6.07, 6.45) is 0.238. The van der Waals surface area contributed by atoms with Crippen LogP contribution in [0.5, 0.6) is 0 Å². The predicted molar refractivity (Wildman–Crippen MR) is 94.4 cm³/mol. The molecule has 0 radical (unpaired) electrons. The third kappa shape index (κ3) is 5.26. The standard InChI is InChI=1S/C17H24N2O6S/c1-17(2,8-7-15(20)21)18-16(22)13-3-5-14(6-4-13)26(23,24)19-9-11-25-12-10-19/h3-6H,7-12H2,1-2H3,(H,18,22)(H,20,21). The summed E-state index contributed by atoms with van der Waals surface area (Å²) in [5.74, 6) is -1.30. The molecule has 1 aromatic rings. The van der Waals surface area contributed by atoms with Crippen LogP contribution in [0.1, 0.15) is 37.0 Å². The topological polar surface area (TPSA) is 113 Å². The number of hydrogen-bond acceptors (Lipinski definition) is 5. The number of benzene rings is 1. The summed E-state index contributed by atoms with van der Waals surface area (Å²) >= 11 is 0. The molecular weight excluding hydrogens is 360 g/mol. The minimum absolute atomic E-state index is 0.0516. The van der Waals surface area contributed by atoms with Crippen molar-refractivity contribution in [2.24, 2.45) is 0 Å². The van der Waals surface area contributed by atoms with Gasteiger partial charge in [-0.3, -0.25) is 9.59 Å². The Hall–Kier alpha value is -1.97. The van der Waals surface area contributed by atoms with Gasteiger partial charge in [0.25, 0.3) is 5.91 Å². The third-order valence-electron chi connectivity index (χ3n) is 4.14. The molecule has 0 aromatic heterocycles. The van der Waals surface area contributed by atoms with Crippen LogP contribution in [0.3, 0.4) is 0 Å². The van der Waals surface area contributed by atoms with Gasteiger partial charge in [-0.05, 0) is 44.5 Å². The van der Waals surface area contributed by atoms with Crippen LogP contribution in [-0.4, -0.2) is 61.5 Å². The van der Waals surface area contributed by atoms with Gasteiger partial charge in [0.1, 0.15) is 0 Å². The molecule has 1 fully saturated rings. The molecular formula is C17H24N2O6S. The lowest BCUT2D eigenvalue weighted by molar-refractivity contribution is -0.137.